The number of fused-ring (bicyclic) bond motifs is 3. The van der Waals surface area contributed by atoms with E-state index in [0.29, 0.717) is 32.8 Å². The van der Waals surface area contributed by atoms with E-state index < -0.39 is 10.0 Å². The van der Waals surface area contributed by atoms with Gasteiger partial charge >= 0.3 is 0 Å². The van der Waals surface area contributed by atoms with Gasteiger partial charge in [0.25, 0.3) is 10.0 Å². The molecule has 1 aromatic heterocycles. The first-order valence-corrected chi connectivity index (χ1v) is 12.7. The summed E-state index contributed by atoms with van der Waals surface area (Å²) in [5, 5.41) is 25.4. The number of rotatable bonds is 4. The summed E-state index contributed by atoms with van der Waals surface area (Å²) in [7, 11) is -4.05. The second-order valence-electron chi connectivity index (χ2n) is 8.48. The van der Waals surface area contributed by atoms with Gasteiger partial charge in [0.15, 0.2) is 0 Å². The number of benzene rings is 5. The zero-order chi connectivity index (χ0) is 24.9. The van der Waals surface area contributed by atoms with Crippen molar-refractivity contribution in [2.45, 2.75) is 4.90 Å². The molecular weight excluding hydrogens is 472 g/mol. The van der Waals surface area contributed by atoms with Gasteiger partial charge in [0, 0.05) is 33.5 Å². The molecule has 0 aliphatic rings. The van der Waals surface area contributed by atoms with E-state index in [4.69, 9.17) is 0 Å². The highest BCUT2D eigenvalue weighted by Gasteiger charge is 2.23. The van der Waals surface area contributed by atoms with Crippen molar-refractivity contribution in [2.75, 3.05) is 4.72 Å². The zero-order valence-electron chi connectivity index (χ0n) is 18.9. The maximum Gasteiger partial charge on any atom is 0.264 e. The van der Waals surface area contributed by atoms with Gasteiger partial charge in [-0.15, -0.1) is 0 Å². The quantitative estimate of drug-likeness (QED) is 0.247. The Hall–Kier alpha value is -4.62. The van der Waals surface area contributed by atoms with E-state index in [2.05, 4.69) is 9.71 Å². The highest BCUT2D eigenvalue weighted by atomic mass is 32.2. The predicted molar refractivity (Wildman–Crippen MR) is 143 cm³/mol. The Morgan fingerprint density at radius 3 is 2.22 bits per heavy atom. The third-order valence-electron chi connectivity index (χ3n) is 6.32. The topological polar surface area (TPSA) is 99.5 Å². The Bertz CT molecular complexity index is 1910. The lowest BCUT2D eigenvalue weighted by molar-refractivity contribution is 0.472. The largest absolute Gasteiger partial charge is 0.507 e. The molecule has 3 N–H and O–H groups in total. The molecule has 0 saturated heterocycles. The summed E-state index contributed by atoms with van der Waals surface area (Å²) in [6.07, 6.45) is 1.55. The molecule has 0 aliphatic carbocycles. The van der Waals surface area contributed by atoms with Crippen LogP contribution in [0.3, 0.4) is 0 Å². The first-order valence-electron chi connectivity index (χ1n) is 11.3. The van der Waals surface area contributed by atoms with Crippen LogP contribution in [0.5, 0.6) is 11.5 Å². The van der Waals surface area contributed by atoms with Crippen LogP contribution in [0.2, 0.25) is 0 Å². The molecular formula is C29H20N2O4S. The van der Waals surface area contributed by atoms with Gasteiger partial charge in [-0.1, -0.05) is 72.8 Å². The van der Waals surface area contributed by atoms with Gasteiger partial charge in [-0.05, 0) is 35.0 Å². The summed E-state index contributed by atoms with van der Waals surface area (Å²) in [5.41, 5.74) is 1.38. The predicted octanol–water partition coefficient (Wildman–Crippen LogP) is 6.42. The van der Waals surface area contributed by atoms with Crippen molar-refractivity contribution in [2.24, 2.45) is 0 Å². The number of aromatic hydroxyl groups is 2. The van der Waals surface area contributed by atoms with Crippen LogP contribution in [0.25, 0.3) is 43.6 Å². The molecule has 176 valence electrons. The van der Waals surface area contributed by atoms with Crippen molar-refractivity contribution >= 4 is 48.2 Å². The first-order chi connectivity index (χ1) is 17.4. The molecule has 7 heteroatoms. The molecule has 1 heterocycles. The number of nitrogens with zero attached hydrogens (tertiary/aromatic N) is 1. The number of phenols is 2. The van der Waals surface area contributed by atoms with E-state index in [0.717, 1.165) is 10.8 Å². The SMILES string of the molecule is O=S(=O)(Nc1cc(-c2c(O)ccc3ccccc23)c(O)c2ccccc12)c1cccc2cccnc12. The molecule has 0 unspecified atom stereocenters. The number of hydrogen-bond acceptors (Lipinski definition) is 5. The van der Waals surface area contributed by atoms with E-state index in [1.54, 1.807) is 72.9 Å². The van der Waals surface area contributed by atoms with Crippen LogP contribution < -0.4 is 4.72 Å². The number of para-hydroxylation sites is 1. The molecule has 0 spiro atoms. The minimum Gasteiger partial charge on any atom is -0.507 e. The summed E-state index contributed by atoms with van der Waals surface area (Å²) in [5.74, 6) is -0.0710. The summed E-state index contributed by atoms with van der Waals surface area (Å²) in [6.45, 7) is 0. The van der Waals surface area contributed by atoms with E-state index in [9.17, 15) is 18.6 Å². The normalized spacial score (nSPS) is 11.8. The Morgan fingerprint density at radius 2 is 1.39 bits per heavy atom. The average molecular weight is 493 g/mol. The second kappa shape index (κ2) is 8.25. The molecule has 5 aromatic carbocycles. The van der Waals surface area contributed by atoms with Crippen molar-refractivity contribution in [1.82, 2.24) is 4.98 Å². The fourth-order valence-electron chi connectivity index (χ4n) is 4.67. The number of nitrogens with one attached hydrogen (secondary N) is 1. The van der Waals surface area contributed by atoms with Gasteiger partial charge in [-0.3, -0.25) is 9.71 Å². The molecule has 0 radical (unpaired) electrons. The van der Waals surface area contributed by atoms with E-state index in [1.807, 2.05) is 24.3 Å². The Morgan fingerprint density at radius 1 is 0.694 bits per heavy atom. The lowest BCUT2D eigenvalue weighted by atomic mass is 9.93. The number of aromatic nitrogens is 1. The van der Waals surface area contributed by atoms with Gasteiger partial charge in [-0.2, -0.15) is 0 Å². The monoisotopic (exact) mass is 492 g/mol. The molecule has 0 atom stereocenters. The van der Waals surface area contributed by atoms with Crippen LogP contribution in [0.1, 0.15) is 0 Å². The van der Waals surface area contributed by atoms with Crippen molar-refractivity contribution in [3.05, 3.63) is 103 Å². The highest BCUT2D eigenvalue weighted by molar-refractivity contribution is 7.93. The summed E-state index contributed by atoms with van der Waals surface area (Å²) in [4.78, 5) is 4.33. The van der Waals surface area contributed by atoms with Crippen LogP contribution in [0.4, 0.5) is 5.69 Å². The smallest absolute Gasteiger partial charge is 0.264 e. The number of phenolic OH excluding ortho intramolecular Hbond substituents is 2. The highest BCUT2D eigenvalue weighted by Crippen LogP contribution is 2.46. The molecule has 0 amide bonds. The van der Waals surface area contributed by atoms with E-state index in [-0.39, 0.29) is 22.1 Å². The van der Waals surface area contributed by atoms with Gasteiger partial charge < -0.3 is 10.2 Å². The molecule has 0 bridgehead atoms. The van der Waals surface area contributed by atoms with E-state index in [1.165, 1.54) is 6.07 Å². The minimum atomic E-state index is -4.05. The van der Waals surface area contributed by atoms with Crippen LogP contribution >= 0.6 is 0 Å². The molecule has 36 heavy (non-hydrogen) atoms. The zero-order valence-corrected chi connectivity index (χ0v) is 19.7. The number of sulfonamides is 1. The summed E-state index contributed by atoms with van der Waals surface area (Å²) in [6, 6.07) is 28.0. The maximum atomic E-state index is 13.6. The van der Waals surface area contributed by atoms with Gasteiger partial charge in [0.05, 0.1) is 11.2 Å². The third kappa shape index (κ3) is 3.49. The lowest BCUT2D eigenvalue weighted by Crippen LogP contribution is -2.14. The maximum absolute atomic E-state index is 13.6. The molecule has 0 aliphatic heterocycles. The number of anilines is 1. The molecule has 6 aromatic rings. The summed E-state index contributed by atoms with van der Waals surface area (Å²) < 4.78 is 29.9. The second-order valence-corrected chi connectivity index (χ2v) is 10.1. The average Bonchev–Trinajstić information content (AvgIpc) is 2.90. The van der Waals surface area contributed by atoms with Crippen molar-refractivity contribution in [3.8, 4) is 22.6 Å². The third-order valence-corrected chi connectivity index (χ3v) is 7.72. The Kier molecular flexibility index (Phi) is 5.01. The van der Waals surface area contributed by atoms with Gasteiger partial charge in [0.1, 0.15) is 16.4 Å². The van der Waals surface area contributed by atoms with Crippen LogP contribution in [-0.2, 0) is 10.0 Å². The van der Waals surface area contributed by atoms with Crippen molar-refractivity contribution in [3.63, 3.8) is 0 Å². The molecule has 0 fully saturated rings. The number of hydrogen-bond donors (Lipinski definition) is 3. The fraction of sp³-hybridized carbons (Fsp3) is 0. The Balaban J connectivity index is 1.60. The lowest BCUT2D eigenvalue weighted by Gasteiger charge is -2.17. The number of pyridine rings is 1. The first kappa shape index (κ1) is 21.9. The van der Waals surface area contributed by atoms with Gasteiger partial charge in [0.2, 0.25) is 0 Å². The van der Waals surface area contributed by atoms with Crippen molar-refractivity contribution in [1.29, 1.82) is 0 Å². The van der Waals surface area contributed by atoms with Crippen LogP contribution in [0, 0.1) is 0 Å². The minimum absolute atomic E-state index is 0.0219. The molecule has 6 nitrogen and oxygen atoms in total. The standard InChI is InChI=1S/C29H20N2O4S/c32-25-15-14-18-7-1-2-10-20(18)27(25)23-17-24(21-11-3-4-12-22(21)29(23)33)31-36(34,35)26-13-5-8-19-9-6-16-30-28(19)26/h1-17,31-33H. The van der Waals surface area contributed by atoms with Crippen LogP contribution in [0.15, 0.2) is 108 Å². The summed E-state index contributed by atoms with van der Waals surface area (Å²) >= 11 is 0. The molecule has 0 saturated carbocycles. The van der Waals surface area contributed by atoms with Crippen molar-refractivity contribution < 1.29 is 18.6 Å². The Labute approximate surface area is 207 Å². The van der Waals surface area contributed by atoms with Gasteiger partial charge in [-0.25, -0.2) is 8.42 Å². The fourth-order valence-corrected chi connectivity index (χ4v) is 5.92. The van der Waals surface area contributed by atoms with Crippen LogP contribution in [-0.4, -0.2) is 23.6 Å². The molecule has 6 rings (SSSR count). The van der Waals surface area contributed by atoms with E-state index >= 15 is 0 Å².